The first-order valence-corrected chi connectivity index (χ1v) is 5.68. The molecule has 1 aromatic carbocycles. The molecule has 0 saturated carbocycles. The van der Waals surface area contributed by atoms with Gasteiger partial charge in [0, 0.05) is 16.5 Å². The van der Waals surface area contributed by atoms with Crippen molar-refractivity contribution in [1.29, 1.82) is 0 Å². The maximum Gasteiger partial charge on any atom is 0.180 e. The Labute approximate surface area is 98.1 Å². The number of aromatic nitrogens is 1. The van der Waals surface area contributed by atoms with E-state index in [0.29, 0.717) is 11.7 Å². The van der Waals surface area contributed by atoms with E-state index in [0.717, 1.165) is 16.8 Å². The van der Waals surface area contributed by atoms with Crippen molar-refractivity contribution in [2.75, 3.05) is 12.3 Å². The second kappa shape index (κ2) is 4.79. The average molecular weight is 229 g/mol. The summed E-state index contributed by atoms with van der Waals surface area (Å²) in [6, 6.07) is 7.87. The summed E-state index contributed by atoms with van der Waals surface area (Å²) in [5.41, 5.74) is 13.8. The Bertz CT molecular complexity index is 531. The standard InChI is InChI=1S/C12H11N3S/c13-7-1-2-9-3-5-10(6-4-9)11-8-16-12(14)15-11/h3-6,8H,7,13H2,(H2,14,15). The molecule has 2 aromatic rings. The molecule has 0 radical (unpaired) electrons. The van der Waals surface area contributed by atoms with E-state index in [1.807, 2.05) is 29.6 Å². The Morgan fingerprint density at radius 3 is 2.56 bits per heavy atom. The van der Waals surface area contributed by atoms with Crippen molar-refractivity contribution in [3.63, 3.8) is 0 Å². The Balaban J connectivity index is 2.25. The fourth-order valence-corrected chi connectivity index (χ4v) is 1.87. The molecular weight excluding hydrogens is 218 g/mol. The van der Waals surface area contributed by atoms with Gasteiger partial charge in [-0.3, -0.25) is 0 Å². The fourth-order valence-electron chi connectivity index (χ4n) is 1.30. The fraction of sp³-hybridized carbons (Fsp3) is 0.0833. The molecule has 0 amide bonds. The molecule has 0 spiro atoms. The van der Waals surface area contributed by atoms with Gasteiger partial charge in [-0.1, -0.05) is 24.0 Å². The molecule has 0 aliphatic heterocycles. The molecule has 0 bridgehead atoms. The van der Waals surface area contributed by atoms with Gasteiger partial charge >= 0.3 is 0 Å². The van der Waals surface area contributed by atoms with Crippen molar-refractivity contribution in [1.82, 2.24) is 4.98 Å². The minimum Gasteiger partial charge on any atom is -0.375 e. The zero-order valence-corrected chi connectivity index (χ0v) is 9.42. The Morgan fingerprint density at radius 1 is 1.25 bits per heavy atom. The quantitative estimate of drug-likeness (QED) is 0.731. The summed E-state index contributed by atoms with van der Waals surface area (Å²) in [7, 11) is 0. The summed E-state index contributed by atoms with van der Waals surface area (Å²) in [5.74, 6) is 5.78. The van der Waals surface area contributed by atoms with Gasteiger partial charge in [0.1, 0.15) is 0 Å². The van der Waals surface area contributed by atoms with Crippen molar-refractivity contribution in [2.45, 2.75) is 0 Å². The van der Waals surface area contributed by atoms with Crippen molar-refractivity contribution < 1.29 is 0 Å². The maximum atomic E-state index is 5.58. The smallest absolute Gasteiger partial charge is 0.180 e. The molecule has 3 nitrogen and oxygen atoms in total. The molecule has 80 valence electrons. The first kappa shape index (κ1) is 10.7. The van der Waals surface area contributed by atoms with Gasteiger partial charge in [0.2, 0.25) is 0 Å². The van der Waals surface area contributed by atoms with Crippen LogP contribution in [0.15, 0.2) is 29.6 Å². The van der Waals surface area contributed by atoms with E-state index >= 15 is 0 Å². The number of benzene rings is 1. The van der Waals surface area contributed by atoms with E-state index in [1.165, 1.54) is 11.3 Å². The highest BCUT2D eigenvalue weighted by Crippen LogP contribution is 2.22. The topological polar surface area (TPSA) is 64.9 Å². The lowest BCUT2D eigenvalue weighted by molar-refractivity contribution is 1.30. The van der Waals surface area contributed by atoms with Crippen molar-refractivity contribution in [3.05, 3.63) is 35.2 Å². The Kier molecular flexibility index (Phi) is 3.20. The van der Waals surface area contributed by atoms with Crippen LogP contribution < -0.4 is 11.5 Å². The number of nitrogen functional groups attached to an aromatic ring is 1. The third kappa shape index (κ3) is 2.40. The van der Waals surface area contributed by atoms with Crippen LogP contribution in [0.5, 0.6) is 0 Å². The third-order valence-electron chi connectivity index (χ3n) is 2.04. The first-order valence-electron chi connectivity index (χ1n) is 4.80. The summed E-state index contributed by atoms with van der Waals surface area (Å²) in [4.78, 5) is 4.21. The highest BCUT2D eigenvalue weighted by Gasteiger charge is 2.01. The maximum absolute atomic E-state index is 5.58. The Hall–Kier alpha value is -1.83. The number of nitrogens with zero attached hydrogens (tertiary/aromatic N) is 1. The summed E-state index contributed by atoms with van der Waals surface area (Å²) in [6.07, 6.45) is 0. The van der Waals surface area contributed by atoms with Gasteiger partial charge in [-0.25, -0.2) is 4.98 Å². The molecule has 0 unspecified atom stereocenters. The number of nitrogens with two attached hydrogens (primary N) is 2. The zero-order valence-electron chi connectivity index (χ0n) is 8.60. The molecule has 1 aromatic heterocycles. The van der Waals surface area contributed by atoms with E-state index in [9.17, 15) is 0 Å². The van der Waals surface area contributed by atoms with E-state index in [2.05, 4.69) is 16.8 Å². The summed E-state index contributed by atoms with van der Waals surface area (Å²) >= 11 is 1.44. The van der Waals surface area contributed by atoms with Gasteiger partial charge in [-0.2, -0.15) is 0 Å². The van der Waals surface area contributed by atoms with E-state index in [4.69, 9.17) is 11.5 Å². The Morgan fingerprint density at radius 2 is 2.00 bits per heavy atom. The van der Waals surface area contributed by atoms with Crippen LogP contribution in [0.3, 0.4) is 0 Å². The van der Waals surface area contributed by atoms with Gasteiger partial charge in [0.15, 0.2) is 5.13 Å². The molecule has 1 heterocycles. The van der Waals surface area contributed by atoms with Gasteiger partial charge in [0.25, 0.3) is 0 Å². The van der Waals surface area contributed by atoms with Crippen molar-refractivity contribution in [2.24, 2.45) is 5.73 Å². The largest absolute Gasteiger partial charge is 0.375 e. The zero-order chi connectivity index (χ0) is 11.4. The predicted molar refractivity (Wildman–Crippen MR) is 67.9 cm³/mol. The normalized spacial score (nSPS) is 9.56. The van der Waals surface area contributed by atoms with E-state index in [-0.39, 0.29) is 0 Å². The molecule has 0 atom stereocenters. The highest BCUT2D eigenvalue weighted by atomic mass is 32.1. The molecule has 0 fully saturated rings. The number of thiazole rings is 1. The van der Waals surface area contributed by atoms with Crippen LogP contribution in [0.2, 0.25) is 0 Å². The van der Waals surface area contributed by atoms with Crippen LogP contribution in [-0.2, 0) is 0 Å². The summed E-state index contributed by atoms with van der Waals surface area (Å²) in [5, 5.41) is 2.53. The van der Waals surface area contributed by atoms with Crippen LogP contribution in [-0.4, -0.2) is 11.5 Å². The summed E-state index contributed by atoms with van der Waals surface area (Å²) in [6.45, 7) is 0.379. The molecule has 16 heavy (non-hydrogen) atoms. The second-order valence-electron chi connectivity index (χ2n) is 3.15. The third-order valence-corrected chi connectivity index (χ3v) is 2.71. The molecule has 0 aliphatic carbocycles. The lowest BCUT2D eigenvalue weighted by Gasteiger charge is -1.96. The number of hydrogen-bond donors (Lipinski definition) is 2. The van der Waals surface area contributed by atoms with Crippen LogP contribution in [0.1, 0.15) is 5.56 Å². The SMILES string of the molecule is NCC#Cc1ccc(-c2csc(N)n2)cc1. The van der Waals surface area contributed by atoms with Crippen LogP contribution in [0.4, 0.5) is 5.13 Å². The van der Waals surface area contributed by atoms with Gasteiger partial charge < -0.3 is 11.5 Å². The molecular formula is C12H11N3S. The van der Waals surface area contributed by atoms with E-state index < -0.39 is 0 Å². The molecule has 0 saturated heterocycles. The number of hydrogen-bond acceptors (Lipinski definition) is 4. The molecule has 2 rings (SSSR count). The van der Waals surface area contributed by atoms with Gasteiger partial charge in [0.05, 0.1) is 12.2 Å². The van der Waals surface area contributed by atoms with E-state index in [1.54, 1.807) is 0 Å². The average Bonchev–Trinajstić information content (AvgIpc) is 2.74. The molecule has 0 aliphatic rings. The van der Waals surface area contributed by atoms with Crippen molar-refractivity contribution in [3.8, 4) is 23.1 Å². The van der Waals surface area contributed by atoms with Crippen molar-refractivity contribution >= 4 is 16.5 Å². The monoisotopic (exact) mass is 229 g/mol. The van der Waals surface area contributed by atoms with Gasteiger partial charge in [-0.15, -0.1) is 11.3 Å². The van der Waals surface area contributed by atoms with Crippen LogP contribution in [0.25, 0.3) is 11.3 Å². The lowest BCUT2D eigenvalue weighted by Crippen LogP contribution is -1.92. The molecule has 4 heteroatoms. The number of anilines is 1. The van der Waals surface area contributed by atoms with Gasteiger partial charge in [-0.05, 0) is 12.1 Å². The summed E-state index contributed by atoms with van der Waals surface area (Å²) < 4.78 is 0. The second-order valence-corrected chi connectivity index (χ2v) is 4.04. The predicted octanol–water partition coefficient (Wildman–Crippen LogP) is 1.70. The minimum absolute atomic E-state index is 0.379. The van der Waals surface area contributed by atoms with Crippen LogP contribution >= 0.6 is 11.3 Å². The first-order chi connectivity index (χ1) is 7.79. The minimum atomic E-state index is 0.379. The lowest BCUT2D eigenvalue weighted by atomic mass is 10.1. The number of rotatable bonds is 1. The highest BCUT2D eigenvalue weighted by molar-refractivity contribution is 7.13. The van der Waals surface area contributed by atoms with Crippen LogP contribution in [0, 0.1) is 11.8 Å². The molecule has 4 N–H and O–H groups in total.